The average Bonchev–Trinajstić information content (AvgIpc) is 2.15. The monoisotopic (exact) mass is 204 g/mol. The molecule has 3 heteroatoms. The largest absolute Gasteiger partial charge is 0.508 e. The highest BCUT2D eigenvalue weighted by Crippen LogP contribution is 2.26. The Labute approximate surface area is 87.0 Å². The molecular formula is C12H12O3. The van der Waals surface area contributed by atoms with Crippen molar-refractivity contribution >= 4 is 11.0 Å². The van der Waals surface area contributed by atoms with Crippen molar-refractivity contribution < 1.29 is 9.52 Å². The second-order valence-corrected chi connectivity index (χ2v) is 3.86. The average molecular weight is 204 g/mol. The molecule has 0 aliphatic rings. The van der Waals surface area contributed by atoms with Crippen molar-refractivity contribution in [3.8, 4) is 5.75 Å². The first-order chi connectivity index (χ1) is 7.08. The summed E-state index contributed by atoms with van der Waals surface area (Å²) in [6.07, 6.45) is 0. The third kappa shape index (κ3) is 1.73. The fourth-order valence-electron chi connectivity index (χ4n) is 1.65. The molecular weight excluding hydrogens is 192 g/mol. The Kier molecular flexibility index (Phi) is 2.23. The molecule has 0 saturated carbocycles. The van der Waals surface area contributed by atoms with Crippen LogP contribution in [-0.4, -0.2) is 5.11 Å². The van der Waals surface area contributed by atoms with E-state index in [1.807, 2.05) is 13.8 Å². The molecule has 1 aromatic carbocycles. The second-order valence-electron chi connectivity index (χ2n) is 3.86. The first-order valence-corrected chi connectivity index (χ1v) is 4.84. The summed E-state index contributed by atoms with van der Waals surface area (Å²) in [5.74, 6) is 0.354. The van der Waals surface area contributed by atoms with Gasteiger partial charge in [-0.05, 0) is 23.6 Å². The minimum absolute atomic E-state index is 0.103. The molecule has 0 aliphatic heterocycles. The van der Waals surface area contributed by atoms with Crippen LogP contribution in [0.3, 0.4) is 0 Å². The van der Waals surface area contributed by atoms with E-state index in [-0.39, 0.29) is 17.3 Å². The van der Waals surface area contributed by atoms with Gasteiger partial charge in [0.15, 0.2) is 0 Å². The van der Waals surface area contributed by atoms with E-state index in [1.165, 1.54) is 12.1 Å². The SMILES string of the molecule is CC(C)c1cc(=O)oc2cc(O)ccc12. The molecule has 0 atom stereocenters. The number of aromatic hydroxyl groups is 1. The topological polar surface area (TPSA) is 50.4 Å². The molecule has 15 heavy (non-hydrogen) atoms. The summed E-state index contributed by atoms with van der Waals surface area (Å²) in [7, 11) is 0. The zero-order valence-electron chi connectivity index (χ0n) is 8.65. The third-order valence-corrected chi connectivity index (χ3v) is 2.38. The van der Waals surface area contributed by atoms with Crippen LogP contribution in [0.5, 0.6) is 5.75 Å². The van der Waals surface area contributed by atoms with Gasteiger partial charge in [-0.15, -0.1) is 0 Å². The summed E-state index contributed by atoms with van der Waals surface area (Å²) in [5, 5.41) is 10.2. The van der Waals surface area contributed by atoms with Gasteiger partial charge >= 0.3 is 5.63 Å². The molecule has 0 aliphatic carbocycles. The number of phenols is 1. The molecule has 1 aromatic heterocycles. The van der Waals surface area contributed by atoms with Gasteiger partial charge in [-0.3, -0.25) is 0 Å². The van der Waals surface area contributed by atoms with Crippen molar-refractivity contribution in [2.45, 2.75) is 19.8 Å². The molecule has 0 bridgehead atoms. The summed E-state index contributed by atoms with van der Waals surface area (Å²) < 4.78 is 5.02. The van der Waals surface area contributed by atoms with Gasteiger partial charge in [0.25, 0.3) is 0 Å². The van der Waals surface area contributed by atoms with Crippen molar-refractivity contribution in [3.63, 3.8) is 0 Å². The lowest BCUT2D eigenvalue weighted by molar-refractivity contribution is 0.473. The Bertz CT molecular complexity index is 552. The predicted octanol–water partition coefficient (Wildman–Crippen LogP) is 2.62. The van der Waals surface area contributed by atoms with E-state index in [2.05, 4.69) is 0 Å². The Hall–Kier alpha value is -1.77. The van der Waals surface area contributed by atoms with Crippen molar-refractivity contribution in [2.75, 3.05) is 0 Å². The number of rotatable bonds is 1. The maximum absolute atomic E-state index is 11.3. The quantitative estimate of drug-likeness (QED) is 0.726. The van der Waals surface area contributed by atoms with Crippen molar-refractivity contribution in [3.05, 3.63) is 40.2 Å². The van der Waals surface area contributed by atoms with Gasteiger partial charge < -0.3 is 9.52 Å². The summed E-state index contributed by atoms with van der Waals surface area (Å²) >= 11 is 0. The van der Waals surface area contributed by atoms with Gasteiger partial charge in [-0.25, -0.2) is 4.79 Å². The molecule has 78 valence electrons. The van der Waals surface area contributed by atoms with Crippen LogP contribution < -0.4 is 5.63 Å². The van der Waals surface area contributed by atoms with Gasteiger partial charge in [-0.2, -0.15) is 0 Å². The molecule has 0 amide bonds. The van der Waals surface area contributed by atoms with Crippen LogP contribution in [-0.2, 0) is 0 Å². The van der Waals surface area contributed by atoms with E-state index in [4.69, 9.17) is 4.42 Å². The fraction of sp³-hybridized carbons (Fsp3) is 0.250. The smallest absolute Gasteiger partial charge is 0.336 e. The number of phenolic OH excluding ortho intramolecular Hbond substituents is 1. The highest BCUT2D eigenvalue weighted by Gasteiger charge is 2.08. The molecule has 0 fully saturated rings. The van der Waals surface area contributed by atoms with Crippen LogP contribution >= 0.6 is 0 Å². The van der Waals surface area contributed by atoms with Crippen LogP contribution in [0, 0.1) is 0 Å². The van der Waals surface area contributed by atoms with E-state index >= 15 is 0 Å². The lowest BCUT2D eigenvalue weighted by Gasteiger charge is -2.08. The minimum Gasteiger partial charge on any atom is -0.508 e. The van der Waals surface area contributed by atoms with Gasteiger partial charge in [0, 0.05) is 17.5 Å². The van der Waals surface area contributed by atoms with Crippen LogP contribution in [0.2, 0.25) is 0 Å². The maximum atomic E-state index is 11.3. The lowest BCUT2D eigenvalue weighted by atomic mass is 10.00. The molecule has 1 N–H and O–H groups in total. The highest BCUT2D eigenvalue weighted by atomic mass is 16.4. The summed E-state index contributed by atoms with van der Waals surface area (Å²) in [5.41, 5.74) is 1.00. The van der Waals surface area contributed by atoms with E-state index in [9.17, 15) is 9.90 Å². The van der Waals surface area contributed by atoms with E-state index in [0.717, 1.165) is 10.9 Å². The Morgan fingerprint density at radius 3 is 2.67 bits per heavy atom. The lowest BCUT2D eigenvalue weighted by Crippen LogP contribution is -2.01. The van der Waals surface area contributed by atoms with Gasteiger partial charge in [0.1, 0.15) is 11.3 Å². The summed E-state index contributed by atoms with van der Waals surface area (Å²) in [6, 6.07) is 6.32. The van der Waals surface area contributed by atoms with Gasteiger partial charge in [-0.1, -0.05) is 13.8 Å². The first kappa shape index (κ1) is 9.77. The molecule has 0 radical (unpaired) electrons. The second kappa shape index (κ2) is 3.42. The first-order valence-electron chi connectivity index (χ1n) is 4.84. The third-order valence-electron chi connectivity index (χ3n) is 2.38. The molecule has 2 rings (SSSR count). The zero-order chi connectivity index (χ0) is 11.0. The zero-order valence-corrected chi connectivity index (χ0v) is 8.65. The Morgan fingerprint density at radius 1 is 1.27 bits per heavy atom. The normalized spacial score (nSPS) is 11.1. The highest BCUT2D eigenvalue weighted by molar-refractivity contribution is 5.81. The summed E-state index contributed by atoms with van der Waals surface area (Å²) in [6.45, 7) is 4.03. The standard InChI is InChI=1S/C12H12O3/c1-7(2)10-6-12(14)15-11-5-8(13)3-4-9(10)11/h3-7,13H,1-2H3. The number of hydrogen-bond acceptors (Lipinski definition) is 3. The molecule has 1 heterocycles. The van der Waals surface area contributed by atoms with Crippen molar-refractivity contribution in [1.29, 1.82) is 0 Å². The van der Waals surface area contributed by atoms with Crippen molar-refractivity contribution in [1.82, 2.24) is 0 Å². The van der Waals surface area contributed by atoms with Crippen molar-refractivity contribution in [2.24, 2.45) is 0 Å². The molecule has 0 spiro atoms. The summed E-state index contributed by atoms with van der Waals surface area (Å²) in [4.78, 5) is 11.3. The molecule has 3 nitrogen and oxygen atoms in total. The molecule has 2 aromatic rings. The van der Waals surface area contributed by atoms with Crippen LogP contribution in [0.1, 0.15) is 25.3 Å². The molecule has 0 saturated heterocycles. The van der Waals surface area contributed by atoms with Crippen LogP contribution in [0.4, 0.5) is 0 Å². The van der Waals surface area contributed by atoms with Gasteiger partial charge in [0.2, 0.25) is 0 Å². The number of hydrogen-bond donors (Lipinski definition) is 1. The van der Waals surface area contributed by atoms with E-state index in [0.29, 0.717) is 5.58 Å². The fourth-order valence-corrected chi connectivity index (χ4v) is 1.65. The molecule has 0 unspecified atom stereocenters. The maximum Gasteiger partial charge on any atom is 0.336 e. The van der Waals surface area contributed by atoms with Crippen LogP contribution in [0.25, 0.3) is 11.0 Å². The van der Waals surface area contributed by atoms with Gasteiger partial charge in [0.05, 0.1) is 0 Å². The number of benzene rings is 1. The van der Waals surface area contributed by atoms with E-state index < -0.39 is 0 Å². The Morgan fingerprint density at radius 2 is 2.00 bits per heavy atom. The van der Waals surface area contributed by atoms with E-state index in [1.54, 1.807) is 12.1 Å². The van der Waals surface area contributed by atoms with Crippen LogP contribution in [0.15, 0.2) is 33.5 Å². The minimum atomic E-state index is -0.378. The Balaban J connectivity index is 2.86. The predicted molar refractivity (Wildman–Crippen MR) is 58.2 cm³/mol. The number of fused-ring (bicyclic) bond motifs is 1.